The SMILES string of the molecule is COc1ccc(N=C(N)N2Cc3cccc4cccc2c34)c(OC)c1. The van der Waals surface area contributed by atoms with Crippen molar-refractivity contribution in [2.24, 2.45) is 10.7 Å². The summed E-state index contributed by atoms with van der Waals surface area (Å²) in [7, 11) is 3.23. The third-order valence-corrected chi connectivity index (χ3v) is 4.49. The Morgan fingerprint density at radius 2 is 1.84 bits per heavy atom. The standard InChI is InChI=1S/C20H19N3O2/c1-24-15-9-10-16(18(11-15)25-2)22-20(21)23-12-14-7-3-5-13-6-4-8-17(23)19(13)14/h3-11H,12H2,1-2H3,(H2,21,22). The molecule has 5 nitrogen and oxygen atoms in total. The molecule has 0 fully saturated rings. The monoisotopic (exact) mass is 333 g/mol. The van der Waals surface area contributed by atoms with E-state index in [0.29, 0.717) is 29.7 Å². The molecule has 3 aromatic rings. The first kappa shape index (κ1) is 15.3. The van der Waals surface area contributed by atoms with Crippen LogP contribution in [-0.4, -0.2) is 20.2 Å². The van der Waals surface area contributed by atoms with Gasteiger partial charge in [0.15, 0.2) is 0 Å². The van der Waals surface area contributed by atoms with Gasteiger partial charge < -0.3 is 20.1 Å². The van der Waals surface area contributed by atoms with Crippen LogP contribution in [0.2, 0.25) is 0 Å². The highest BCUT2D eigenvalue weighted by Gasteiger charge is 2.23. The number of nitrogens with two attached hydrogens (primary N) is 1. The summed E-state index contributed by atoms with van der Waals surface area (Å²) < 4.78 is 10.6. The van der Waals surface area contributed by atoms with Gasteiger partial charge in [-0.3, -0.25) is 0 Å². The summed E-state index contributed by atoms with van der Waals surface area (Å²) in [5.41, 5.74) is 9.36. The molecule has 0 saturated heterocycles. The molecule has 1 heterocycles. The van der Waals surface area contributed by atoms with E-state index in [2.05, 4.69) is 35.3 Å². The molecule has 1 aliphatic heterocycles. The molecule has 126 valence electrons. The van der Waals surface area contributed by atoms with Crippen LogP contribution in [0, 0.1) is 0 Å². The Morgan fingerprint density at radius 1 is 1.04 bits per heavy atom. The van der Waals surface area contributed by atoms with Crippen molar-refractivity contribution in [1.29, 1.82) is 0 Å². The molecular weight excluding hydrogens is 314 g/mol. The number of guanidine groups is 1. The molecule has 2 N–H and O–H groups in total. The quantitative estimate of drug-likeness (QED) is 0.585. The Kier molecular flexibility index (Phi) is 3.69. The van der Waals surface area contributed by atoms with Crippen LogP contribution >= 0.6 is 0 Å². The van der Waals surface area contributed by atoms with E-state index in [1.54, 1.807) is 20.3 Å². The van der Waals surface area contributed by atoms with Gasteiger partial charge in [0, 0.05) is 11.5 Å². The number of benzene rings is 3. The average molecular weight is 333 g/mol. The van der Waals surface area contributed by atoms with Crippen molar-refractivity contribution in [3.8, 4) is 11.5 Å². The van der Waals surface area contributed by atoms with Gasteiger partial charge in [0.25, 0.3) is 0 Å². The Morgan fingerprint density at radius 3 is 2.60 bits per heavy atom. The number of hydrogen-bond acceptors (Lipinski definition) is 3. The zero-order valence-corrected chi connectivity index (χ0v) is 14.2. The minimum atomic E-state index is 0.437. The molecule has 1 aliphatic rings. The molecule has 0 unspecified atom stereocenters. The van der Waals surface area contributed by atoms with E-state index in [1.807, 2.05) is 23.1 Å². The van der Waals surface area contributed by atoms with E-state index >= 15 is 0 Å². The van der Waals surface area contributed by atoms with Crippen molar-refractivity contribution in [3.05, 3.63) is 60.2 Å². The van der Waals surface area contributed by atoms with Gasteiger partial charge in [-0.05, 0) is 29.1 Å². The van der Waals surface area contributed by atoms with Gasteiger partial charge in [0.05, 0.1) is 26.5 Å². The zero-order valence-electron chi connectivity index (χ0n) is 14.2. The third-order valence-electron chi connectivity index (χ3n) is 4.49. The highest BCUT2D eigenvalue weighted by atomic mass is 16.5. The summed E-state index contributed by atoms with van der Waals surface area (Å²) in [6, 6.07) is 18.0. The van der Waals surface area contributed by atoms with Crippen molar-refractivity contribution >= 4 is 28.1 Å². The average Bonchev–Trinajstić information content (AvgIpc) is 3.03. The van der Waals surface area contributed by atoms with Crippen LogP contribution in [0.25, 0.3) is 10.8 Å². The Hall–Kier alpha value is -3.21. The molecule has 0 aliphatic carbocycles. The predicted molar refractivity (Wildman–Crippen MR) is 101 cm³/mol. The second-order valence-corrected chi connectivity index (χ2v) is 5.89. The van der Waals surface area contributed by atoms with Gasteiger partial charge in [0.1, 0.15) is 17.2 Å². The number of nitrogens with zero attached hydrogens (tertiary/aromatic N) is 2. The molecule has 0 bridgehead atoms. The second-order valence-electron chi connectivity index (χ2n) is 5.89. The lowest BCUT2D eigenvalue weighted by molar-refractivity contribution is 0.395. The van der Waals surface area contributed by atoms with Crippen LogP contribution < -0.4 is 20.1 Å². The van der Waals surface area contributed by atoms with Crippen LogP contribution in [-0.2, 0) is 6.54 Å². The van der Waals surface area contributed by atoms with Gasteiger partial charge in [0.2, 0.25) is 5.96 Å². The molecule has 5 heteroatoms. The minimum absolute atomic E-state index is 0.437. The molecule has 0 spiro atoms. The lowest BCUT2D eigenvalue weighted by Crippen LogP contribution is -2.34. The fourth-order valence-electron chi connectivity index (χ4n) is 3.28. The smallest absolute Gasteiger partial charge is 0.201 e. The van der Waals surface area contributed by atoms with Gasteiger partial charge >= 0.3 is 0 Å². The fraction of sp³-hybridized carbons (Fsp3) is 0.150. The van der Waals surface area contributed by atoms with Crippen LogP contribution in [0.1, 0.15) is 5.56 Å². The van der Waals surface area contributed by atoms with Crippen molar-refractivity contribution < 1.29 is 9.47 Å². The van der Waals surface area contributed by atoms with Crippen LogP contribution in [0.4, 0.5) is 11.4 Å². The first-order valence-corrected chi connectivity index (χ1v) is 8.05. The predicted octanol–water partition coefficient (Wildman–Crippen LogP) is 3.82. The highest BCUT2D eigenvalue weighted by Crippen LogP contribution is 2.38. The van der Waals surface area contributed by atoms with E-state index in [9.17, 15) is 0 Å². The van der Waals surface area contributed by atoms with E-state index < -0.39 is 0 Å². The lowest BCUT2D eigenvalue weighted by atomic mass is 10.1. The molecule has 0 aromatic heterocycles. The Labute approximate surface area is 146 Å². The summed E-state index contributed by atoms with van der Waals surface area (Å²) in [6.07, 6.45) is 0. The fourth-order valence-corrected chi connectivity index (χ4v) is 3.28. The topological polar surface area (TPSA) is 60.1 Å². The van der Waals surface area contributed by atoms with Gasteiger partial charge in [-0.1, -0.05) is 30.3 Å². The molecule has 0 amide bonds. The van der Waals surface area contributed by atoms with E-state index in [-0.39, 0.29) is 0 Å². The third kappa shape index (κ3) is 2.54. The summed E-state index contributed by atoms with van der Waals surface area (Å²) in [5.74, 6) is 1.78. The van der Waals surface area contributed by atoms with E-state index in [1.165, 1.54) is 16.3 Å². The molecule has 0 radical (unpaired) electrons. The Balaban J connectivity index is 1.75. The zero-order chi connectivity index (χ0) is 17.4. The lowest BCUT2D eigenvalue weighted by Gasteiger charge is -2.19. The number of ether oxygens (including phenoxy) is 2. The summed E-state index contributed by atoms with van der Waals surface area (Å²) in [5, 5.41) is 2.46. The van der Waals surface area contributed by atoms with Gasteiger partial charge in [-0.2, -0.15) is 0 Å². The van der Waals surface area contributed by atoms with Crippen LogP contribution in [0.5, 0.6) is 11.5 Å². The number of methoxy groups -OCH3 is 2. The molecular formula is C20H19N3O2. The Bertz CT molecular complexity index is 977. The van der Waals surface area contributed by atoms with Gasteiger partial charge in [-0.25, -0.2) is 4.99 Å². The number of hydrogen-bond donors (Lipinski definition) is 1. The van der Waals surface area contributed by atoms with E-state index in [4.69, 9.17) is 15.2 Å². The van der Waals surface area contributed by atoms with Crippen LogP contribution in [0.3, 0.4) is 0 Å². The normalized spacial score (nSPS) is 13.4. The highest BCUT2D eigenvalue weighted by molar-refractivity contribution is 6.09. The first-order chi connectivity index (χ1) is 12.2. The summed E-state index contributed by atoms with van der Waals surface area (Å²) in [6.45, 7) is 0.713. The number of anilines is 1. The van der Waals surface area contributed by atoms with Crippen molar-refractivity contribution in [2.45, 2.75) is 6.54 Å². The largest absolute Gasteiger partial charge is 0.497 e. The number of aliphatic imine (C=N–C) groups is 1. The van der Waals surface area contributed by atoms with Crippen molar-refractivity contribution in [2.75, 3.05) is 19.1 Å². The maximum absolute atomic E-state index is 6.35. The maximum atomic E-state index is 6.35. The molecule has 0 saturated carbocycles. The van der Waals surface area contributed by atoms with Gasteiger partial charge in [-0.15, -0.1) is 0 Å². The maximum Gasteiger partial charge on any atom is 0.201 e. The van der Waals surface area contributed by atoms with Crippen LogP contribution in [0.15, 0.2) is 59.6 Å². The van der Waals surface area contributed by atoms with Crippen molar-refractivity contribution in [3.63, 3.8) is 0 Å². The number of rotatable bonds is 3. The van der Waals surface area contributed by atoms with Crippen molar-refractivity contribution in [1.82, 2.24) is 0 Å². The second kappa shape index (κ2) is 6.02. The molecule has 3 aromatic carbocycles. The summed E-state index contributed by atoms with van der Waals surface area (Å²) >= 11 is 0. The first-order valence-electron chi connectivity index (χ1n) is 8.05. The molecule has 25 heavy (non-hydrogen) atoms. The minimum Gasteiger partial charge on any atom is -0.497 e. The van der Waals surface area contributed by atoms with E-state index in [0.717, 1.165) is 5.69 Å². The summed E-state index contributed by atoms with van der Waals surface area (Å²) in [4.78, 5) is 6.63. The molecule has 4 rings (SSSR count). The molecule has 0 atom stereocenters.